The monoisotopic (exact) mass is 296 g/mol. The molecule has 2 nitrogen and oxygen atoms in total. The Kier molecular flexibility index (Phi) is 9.28. The van der Waals surface area contributed by atoms with Gasteiger partial charge in [-0.1, -0.05) is 19.4 Å². The molecule has 0 saturated carbocycles. The molecule has 1 fully saturated rings. The third-order valence-electron chi connectivity index (χ3n) is 3.03. The predicted octanol–water partition coefficient (Wildman–Crippen LogP) is 3.34. The Labute approximate surface area is 121 Å². The second kappa shape index (κ2) is 9.17. The summed E-state index contributed by atoms with van der Waals surface area (Å²) in [5, 5.41) is 5.61. The summed E-state index contributed by atoms with van der Waals surface area (Å²) in [6.07, 6.45) is 2.56. The number of nitrogens with one attached hydrogen (secondary N) is 1. The van der Waals surface area contributed by atoms with E-state index >= 15 is 0 Å². The number of hydrogen-bond acceptors (Lipinski definition) is 3. The van der Waals surface area contributed by atoms with Crippen molar-refractivity contribution in [1.29, 1.82) is 0 Å². The van der Waals surface area contributed by atoms with Gasteiger partial charge in [-0.3, -0.25) is 4.90 Å². The van der Waals surface area contributed by atoms with E-state index in [0.717, 1.165) is 13.1 Å². The van der Waals surface area contributed by atoms with Gasteiger partial charge in [-0.05, 0) is 17.9 Å². The first-order chi connectivity index (χ1) is 7.42. The van der Waals surface area contributed by atoms with Crippen molar-refractivity contribution in [2.24, 2.45) is 0 Å². The minimum absolute atomic E-state index is 0. The number of rotatable bonds is 4. The molecule has 1 aromatic heterocycles. The minimum Gasteiger partial charge on any atom is -0.314 e. The van der Waals surface area contributed by atoms with Crippen LogP contribution in [-0.4, -0.2) is 31.1 Å². The second-order valence-electron chi connectivity index (χ2n) is 4.11. The Morgan fingerprint density at radius 3 is 2.59 bits per heavy atom. The van der Waals surface area contributed by atoms with Gasteiger partial charge in [-0.15, -0.1) is 36.2 Å². The average molecular weight is 297 g/mol. The third kappa shape index (κ3) is 4.76. The lowest BCUT2D eigenvalue weighted by atomic mass is 10.1. The highest BCUT2D eigenvalue weighted by Crippen LogP contribution is 2.29. The van der Waals surface area contributed by atoms with Gasteiger partial charge in [0.05, 0.1) is 0 Å². The zero-order chi connectivity index (χ0) is 10.5. The van der Waals surface area contributed by atoms with Gasteiger partial charge in [0.1, 0.15) is 0 Å². The molecule has 0 radical (unpaired) electrons. The van der Waals surface area contributed by atoms with Crippen LogP contribution in [-0.2, 0) is 0 Å². The number of thiophene rings is 1. The molecule has 0 aromatic carbocycles. The fourth-order valence-corrected chi connectivity index (χ4v) is 3.15. The van der Waals surface area contributed by atoms with Crippen molar-refractivity contribution in [2.45, 2.75) is 25.8 Å². The molecule has 1 aromatic rings. The SMILES string of the molecule is CCC[C@H](c1cccs1)N1CCNCC1.Cl.Cl. The van der Waals surface area contributed by atoms with Crippen molar-refractivity contribution in [3.63, 3.8) is 0 Å². The largest absolute Gasteiger partial charge is 0.314 e. The summed E-state index contributed by atoms with van der Waals surface area (Å²) in [5.41, 5.74) is 0. The molecule has 100 valence electrons. The third-order valence-corrected chi connectivity index (χ3v) is 4.00. The molecule has 5 heteroatoms. The summed E-state index contributed by atoms with van der Waals surface area (Å²) in [6.45, 7) is 6.96. The zero-order valence-corrected chi connectivity index (χ0v) is 12.7. The van der Waals surface area contributed by atoms with Crippen LogP contribution in [0.2, 0.25) is 0 Å². The first-order valence-corrected chi connectivity index (χ1v) is 6.78. The summed E-state index contributed by atoms with van der Waals surface area (Å²) >= 11 is 1.90. The van der Waals surface area contributed by atoms with Crippen LogP contribution < -0.4 is 5.32 Å². The molecule has 0 amide bonds. The van der Waals surface area contributed by atoms with E-state index in [0.29, 0.717) is 6.04 Å². The summed E-state index contributed by atoms with van der Waals surface area (Å²) in [4.78, 5) is 4.17. The second-order valence-corrected chi connectivity index (χ2v) is 5.09. The molecule has 1 aliphatic rings. The van der Waals surface area contributed by atoms with Crippen molar-refractivity contribution in [2.75, 3.05) is 26.2 Å². The molecule has 0 spiro atoms. The van der Waals surface area contributed by atoms with Crippen LogP contribution in [0.5, 0.6) is 0 Å². The van der Waals surface area contributed by atoms with Crippen molar-refractivity contribution in [3.05, 3.63) is 22.4 Å². The van der Waals surface area contributed by atoms with E-state index in [4.69, 9.17) is 0 Å². The fourth-order valence-electron chi connectivity index (χ4n) is 2.25. The van der Waals surface area contributed by atoms with Gasteiger partial charge in [0.2, 0.25) is 0 Å². The number of hydrogen-bond donors (Lipinski definition) is 1. The normalized spacial score (nSPS) is 17.9. The van der Waals surface area contributed by atoms with Crippen molar-refractivity contribution < 1.29 is 0 Å². The summed E-state index contributed by atoms with van der Waals surface area (Å²) in [7, 11) is 0. The topological polar surface area (TPSA) is 15.3 Å². The fraction of sp³-hybridized carbons (Fsp3) is 0.667. The van der Waals surface area contributed by atoms with Crippen LogP contribution in [0.3, 0.4) is 0 Å². The maximum absolute atomic E-state index is 3.42. The van der Waals surface area contributed by atoms with Gasteiger partial charge in [-0.25, -0.2) is 0 Å². The van der Waals surface area contributed by atoms with Gasteiger partial charge in [0, 0.05) is 37.1 Å². The maximum atomic E-state index is 3.42. The number of nitrogens with zero attached hydrogens (tertiary/aromatic N) is 1. The maximum Gasteiger partial charge on any atom is 0.0442 e. The Morgan fingerprint density at radius 1 is 1.35 bits per heavy atom. The van der Waals surface area contributed by atoms with Crippen LogP contribution in [0, 0.1) is 0 Å². The molecular weight excluding hydrogens is 275 g/mol. The van der Waals surface area contributed by atoms with E-state index in [2.05, 4.69) is 34.7 Å². The Hall–Kier alpha value is 0.200. The van der Waals surface area contributed by atoms with E-state index < -0.39 is 0 Å². The molecule has 0 aliphatic carbocycles. The van der Waals surface area contributed by atoms with E-state index in [1.165, 1.54) is 25.9 Å². The Bertz CT molecular complexity index is 274. The molecular formula is C12H22Cl2N2S. The van der Waals surface area contributed by atoms with Gasteiger partial charge in [0.15, 0.2) is 0 Å². The lowest BCUT2D eigenvalue weighted by Gasteiger charge is -2.34. The standard InChI is InChI=1S/C12H20N2S.2ClH/c1-2-4-11(12-5-3-10-15-12)14-8-6-13-7-9-14;;/h3,5,10-11,13H,2,4,6-9H2,1H3;2*1H/t11-;;/m1../s1. The number of halogens is 2. The molecule has 17 heavy (non-hydrogen) atoms. The molecule has 0 unspecified atom stereocenters. The molecule has 0 bridgehead atoms. The summed E-state index contributed by atoms with van der Waals surface area (Å²) < 4.78 is 0. The van der Waals surface area contributed by atoms with Crippen LogP contribution >= 0.6 is 36.2 Å². The first kappa shape index (κ1) is 17.2. The molecule has 1 atom stereocenters. The van der Waals surface area contributed by atoms with E-state index in [1.807, 2.05) is 11.3 Å². The van der Waals surface area contributed by atoms with Crippen molar-refractivity contribution in [3.8, 4) is 0 Å². The Balaban J connectivity index is 0.00000128. The van der Waals surface area contributed by atoms with Crippen molar-refractivity contribution >= 4 is 36.2 Å². The number of piperazine rings is 1. The Morgan fingerprint density at radius 2 is 2.06 bits per heavy atom. The average Bonchev–Trinajstić information content (AvgIpc) is 2.80. The van der Waals surface area contributed by atoms with E-state index in [1.54, 1.807) is 4.88 Å². The van der Waals surface area contributed by atoms with Crippen LogP contribution in [0.1, 0.15) is 30.7 Å². The van der Waals surface area contributed by atoms with E-state index in [9.17, 15) is 0 Å². The van der Waals surface area contributed by atoms with Gasteiger partial charge >= 0.3 is 0 Å². The van der Waals surface area contributed by atoms with Gasteiger partial charge in [-0.2, -0.15) is 0 Å². The van der Waals surface area contributed by atoms with E-state index in [-0.39, 0.29) is 24.8 Å². The molecule has 1 aliphatic heterocycles. The predicted molar refractivity (Wildman–Crippen MR) is 80.9 cm³/mol. The summed E-state index contributed by atoms with van der Waals surface area (Å²) in [6, 6.07) is 5.12. The van der Waals surface area contributed by atoms with Crippen LogP contribution in [0.4, 0.5) is 0 Å². The molecule has 2 heterocycles. The minimum atomic E-state index is 0. The highest BCUT2D eigenvalue weighted by Gasteiger charge is 2.21. The highest BCUT2D eigenvalue weighted by molar-refractivity contribution is 7.10. The van der Waals surface area contributed by atoms with Crippen LogP contribution in [0.15, 0.2) is 17.5 Å². The van der Waals surface area contributed by atoms with Gasteiger partial charge < -0.3 is 5.32 Å². The lowest BCUT2D eigenvalue weighted by molar-refractivity contribution is 0.167. The summed E-state index contributed by atoms with van der Waals surface area (Å²) in [5.74, 6) is 0. The quantitative estimate of drug-likeness (QED) is 0.917. The van der Waals surface area contributed by atoms with Crippen molar-refractivity contribution in [1.82, 2.24) is 10.2 Å². The molecule has 2 rings (SSSR count). The van der Waals surface area contributed by atoms with Crippen LogP contribution in [0.25, 0.3) is 0 Å². The molecule has 1 N–H and O–H groups in total. The lowest BCUT2D eigenvalue weighted by Crippen LogP contribution is -2.44. The van der Waals surface area contributed by atoms with Gasteiger partial charge in [0.25, 0.3) is 0 Å². The highest BCUT2D eigenvalue weighted by atomic mass is 35.5. The molecule has 1 saturated heterocycles. The smallest absolute Gasteiger partial charge is 0.0442 e. The zero-order valence-electron chi connectivity index (χ0n) is 10.2. The first-order valence-electron chi connectivity index (χ1n) is 5.90.